The second kappa shape index (κ2) is 11.1. The molecule has 0 aromatic heterocycles. The molecule has 0 aliphatic rings. The number of hydrogen-bond donors (Lipinski definition) is 6. The number of carboxylic acid groups (broad SMARTS) is 1. The van der Waals surface area contributed by atoms with Crippen molar-refractivity contribution >= 4 is 53.1 Å². The summed E-state index contributed by atoms with van der Waals surface area (Å²) in [6.45, 7) is -0.811. The molecule has 2 atom stereocenters. The van der Waals surface area contributed by atoms with Gasteiger partial charge in [0.1, 0.15) is 24.3 Å². The standard InChI is InChI=1S/C18H19Cl2N3O5.ClH/c19-10-5-13(16(14(20)6-10)28-8-12(25)7-24)15(18(26)27)23-11-3-1-9(2-4-11)17(21)22;/h1-6,12,15,23-25H,7-8H2,(H3,21,22)(H,26,27);1H/t12-,15?;/m0./s1. The Morgan fingerprint density at radius 2 is 1.86 bits per heavy atom. The van der Waals surface area contributed by atoms with E-state index in [-0.39, 0.29) is 46.2 Å². The summed E-state index contributed by atoms with van der Waals surface area (Å²) in [7, 11) is 0. The van der Waals surface area contributed by atoms with E-state index in [0.29, 0.717) is 11.3 Å². The number of halogens is 3. The van der Waals surface area contributed by atoms with Gasteiger partial charge in [-0.25, -0.2) is 4.79 Å². The SMILES string of the molecule is Cl.N=C(N)c1ccc(NC(C(=O)O)c2cc(Cl)cc(Cl)c2OC[C@@H](O)CO)cc1. The molecular weight excluding hydrogens is 445 g/mol. The molecule has 0 radical (unpaired) electrons. The van der Waals surface area contributed by atoms with Crippen molar-refractivity contribution in [1.82, 2.24) is 0 Å². The van der Waals surface area contributed by atoms with Gasteiger partial charge in [0.05, 0.1) is 11.6 Å². The number of carboxylic acids is 1. The van der Waals surface area contributed by atoms with E-state index in [1.165, 1.54) is 12.1 Å². The molecule has 0 saturated carbocycles. The number of carbonyl (C=O) groups is 1. The summed E-state index contributed by atoms with van der Waals surface area (Å²) in [6, 6.07) is 7.80. The molecule has 0 amide bonds. The van der Waals surface area contributed by atoms with Crippen LogP contribution in [0, 0.1) is 5.41 Å². The third-order valence-corrected chi connectivity index (χ3v) is 4.23. The lowest BCUT2D eigenvalue weighted by atomic mass is 10.0. The summed E-state index contributed by atoms with van der Waals surface area (Å²) in [6.07, 6.45) is -1.16. The minimum Gasteiger partial charge on any atom is -0.489 e. The first-order valence-electron chi connectivity index (χ1n) is 8.07. The number of aliphatic carboxylic acids is 1. The fourth-order valence-electron chi connectivity index (χ4n) is 2.36. The van der Waals surface area contributed by atoms with Crippen LogP contribution >= 0.6 is 35.6 Å². The number of amidine groups is 1. The van der Waals surface area contributed by atoms with Crippen LogP contribution < -0.4 is 15.8 Å². The predicted octanol–water partition coefficient (Wildman–Crippen LogP) is 2.67. The largest absolute Gasteiger partial charge is 0.489 e. The van der Waals surface area contributed by atoms with Crippen molar-refractivity contribution in [2.24, 2.45) is 5.73 Å². The summed E-state index contributed by atoms with van der Waals surface area (Å²) in [5.74, 6) is -1.30. The average molecular weight is 465 g/mol. The van der Waals surface area contributed by atoms with Crippen LogP contribution in [0.1, 0.15) is 17.2 Å². The Hall–Kier alpha value is -2.23. The van der Waals surface area contributed by atoms with Crippen molar-refractivity contribution in [2.75, 3.05) is 18.5 Å². The van der Waals surface area contributed by atoms with Crippen LogP contribution in [-0.2, 0) is 4.79 Å². The fourth-order valence-corrected chi connectivity index (χ4v) is 2.93. The van der Waals surface area contributed by atoms with Gasteiger partial charge in [0.15, 0.2) is 6.04 Å². The molecule has 8 nitrogen and oxygen atoms in total. The molecule has 7 N–H and O–H groups in total. The Labute approximate surface area is 183 Å². The van der Waals surface area contributed by atoms with E-state index in [9.17, 15) is 15.0 Å². The molecule has 2 aromatic carbocycles. The highest BCUT2D eigenvalue weighted by Gasteiger charge is 2.26. The van der Waals surface area contributed by atoms with E-state index in [0.717, 1.165) is 0 Å². The minimum absolute atomic E-state index is 0. The van der Waals surface area contributed by atoms with Gasteiger partial charge in [0.25, 0.3) is 0 Å². The van der Waals surface area contributed by atoms with E-state index in [1.54, 1.807) is 24.3 Å². The van der Waals surface area contributed by atoms with Crippen LogP contribution in [0.5, 0.6) is 5.75 Å². The summed E-state index contributed by atoms with van der Waals surface area (Å²) < 4.78 is 5.45. The van der Waals surface area contributed by atoms with E-state index in [1.807, 2.05) is 0 Å². The van der Waals surface area contributed by atoms with Gasteiger partial charge < -0.3 is 31.1 Å². The lowest BCUT2D eigenvalue weighted by Crippen LogP contribution is -2.24. The highest BCUT2D eigenvalue weighted by atomic mass is 35.5. The smallest absolute Gasteiger partial charge is 0.330 e. The van der Waals surface area contributed by atoms with Crippen LogP contribution in [-0.4, -0.2) is 46.4 Å². The molecule has 0 aliphatic carbocycles. The fraction of sp³-hybridized carbons (Fsp3) is 0.222. The van der Waals surface area contributed by atoms with E-state index >= 15 is 0 Å². The summed E-state index contributed by atoms with van der Waals surface area (Å²) >= 11 is 12.2. The van der Waals surface area contributed by atoms with E-state index in [4.69, 9.17) is 44.2 Å². The molecular formula is C18H20Cl3N3O5. The lowest BCUT2D eigenvalue weighted by molar-refractivity contribution is -0.138. The number of ether oxygens (including phenoxy) is 1. The number of benzene rings is 2. The Morgan fingerprint density at radius 3 is 2.38 bits per heavy atom. The maximum Gasteiger partial charge on any atom is 0.330 e. The maximum atomic E-state index is 11.9. The molecule has 0 heterocycles. The van der Waals surface area contributed by atoms with Gasteiger partial charge in [-0.15, -0.1) is 12.4 Å². The van der Waals surface area contributed by atoms with Crippen molar-refractivity contribution in [3.8, 4) is 5.75 Å². The molecule has 11 heteroatoms. The summed E-state index contributed by atoms with van der Waals surface area (Å²) in [5, 5.41) is 38.7. The summed E-state index contributed by atoms with van der Waals surface area (Å²) in [4.78, 5) is 11.9. The third-order valence-electron chi connectivity index (χ3n) is 3.73. The van der Waals surface area contributed by atoms with Crippen molar-refractivity contribution in [2.45, 2.75) is 12.1 Å². The van der Waals surface area contributed by atoms with Crippen molar-refractivity contribution in [3.05, 3.63) is 57.6 Å². The monoisotopic (exact) mass is 463 g/mol. The second-order valence-electron chi connectivity index (χ2n) is 5.86. The molecule has 0 fully saturated rings. The van der Waals surface area contributed by atoms with Crippen LogP contribution in [0.2, 0.25) is 10.0 Å². The first-order chi connectivity index (χ1) is 13.2. The van der Waals surface area contributed by atoms with Crippen LogP contribution in [0.15, 0.2) is 36.4 Å². The molecule has 2 aromatic rings. The molecule has 2 rings (SSSR count). The summed E-state index contributed by atoms with van der Waals surface area (Å²) in [5.41, 5.74) is 6.50. The Morgan fingerprint density at radius 1 is 1.24 bits per heavy atom. The molecule has 0 spiro atoms. The van der Waals surface area contributed by atoms with E-state index < -0.39 is 24.7 Å². The van der Waals surface area contributed by atoms with Gasteiger partial charge in [0.2, 0.25) is 0 Å². The molecule has 158 valence electrons. The average Bonchev–Trinajstić information content (AvgIpc) is 2.64. The van der Waals surface area contributed by atoms with Crippen LogP contribution in [0.25, 0.3) is 0 Å². The van der Waals surface area contributed by atoms with E-state index in [2.05, 4.69) is 5.32 Å². The number of nitrogens with two attached hydrogens (primary N) is 1. The van der Waals surface area contributed by atoms with Gasteiger partial charge in [-0.2, -0.15) is 0 Å². The lowest BCUT2D eigenvalue weighted by Gasteiger charge is -2.21. The van der Waals surface area contributed by atoms with Crippen molar-refractivity contribution < 1.29 is 24.9 Å². The second-order valence-corrected chi connectivity index (χ2v) is 6.70. The number of anilines is 1. The Balaban J connectivity index is 0.00000420. The molecule has 1 unspecified atom stereocenters. The zero-order valence-corrected chi connectivity index (χ0v) is 17.3. The van der Waals surface area contributed by atoms with Crippen LogP contribution in [0.4, 0.5) is 5.69 Å². The highest BCUT2D eigenvalue weighted by molar-refractivity contribution is 6.35. The van der Waals surface area contributed by atoms with Gasteiger partial charge in [-0.3, -0.25) is 5.41 Å². The molecule has 0 aliphatic heterocycles. The quantitative estimate of drug-likeness (QED) is 0.247. The minimum atomic E-state index is -1.28. The van der Waals surface area contributed by atoms with Crippen molar-refractivity contribution in [1.29, 1.82) is 5.41 Å². The van der Waals surface area contributed by atoms with Gasteiger partial charge in [-0.05, 0) is 36.4 Å². The first kappa shape index (κ1) is 24.8. The third kappa shape index (κ3) is 6.66. The number of nitrogens with one attached hydrogen (secondary N) is 2. The molecule has 0 bridgehead atoms. The number of aliphatic hydroxyl groups is 2. The highest BCUT2D eigenvalue weighted by Crippen LogP contribution is 2.37. The topological polar surface area (TPSA) is 149 Å². The molecule has 29 heavy (non-hydrogen) atoms. The predicted molar refractivity (Wildman–Crippen MR) is 114 cm³/mol. The van der Waals surface area contributed by atoms with Crippen LogP contribution in [0.3, 0.4) is 0 Å². The Bertz CT molecular complexity index is 865. The number of rotatable bonds is 9. The number of nitrogen functional groups attached to an aromatic ring is 1. The van der Waals surface area contributed by atoms with Gasteiger partial charge >= 0.3 is 5.97 Å². The number of hydrogen-bond acceptors (Lipinski definition) is 6. The first-order valence-corrected chi connectivity index (χ1v) is 8.83. The number of aliphatic hydroxyl groups excluding tert-OH is 2. The van der Waals surface area contributed by atoms with Gasteiger partial charge in [-0.1, -0.05) is 23.2 Å². The van der Waals surface area contributed by atoms with Gasteiger partial charge in [0, 0.05) is 21.8 Å². The zero-order valence-electron chi connectivity index (χ0n) is 14.9. The normalized spacial score (nSPS) is 12.4. The molecule has 0 saturated heterocycles. The zero-order chi connectivity index (χ0) is 20.8. The maximum absolute atomic E-state index is 11.9. The van der Waals surface area contributed by atoms with Crippen molar-refractivity contribution in [3.63, 3.8) is 0 Å². The Kier molecular flexibility index (Phi) is 9.48.